The first-order valence-corrected chi connectivity index (χ1v) is 11.4. The normalized spacial score (nSPS) is 19.0. The highest BCUT2D eigenvalue weighted by molar-refractivity contribution is 7.20. The van der Waals surface area contributed by atoms with E-state index in [-0.39, 0.29) is 11.9 Å². The van der Waals surface area contributed by atoms with Crippen molar-refractivity contribution in [1.29, 1.82) is 0 Å². The Bertz CT molecular complexity index is 948. The van der Waals surface area contributed by atoms with Crippen molar-refractivity contribution in [1.82, 2.24) is 20.3 Å². The molecule has 1 saturated carbocycles. The molecule has 0 unspecified atom stereocenters. The van der Waals surface area contributed by atoms with E-state index < -0.39 is 0 Å². The molecule has 0 saturated heterocycles. The number of rotatable bonds is 6. The van der Waals surface area contributed by atoms with Crippen LogP contribution in [0.4, 0.5) is 11.8 Å². The van der Waals surface area contributed by atoms with Crippen LogP contribution in [0.1, 0.15) is 36.2 Å². The van der Waals surface area contributed by atoms with E-state index in [1.54, 1.807) is 17.5 Å². The summed E-state index contributed by atoms with van der Waals surface area (Å²) in [6.45, 7) is 0. The first-order valence-electron chi connectivity index (χ1n) is 9.65. The van der Waals surface area contributed by atoms with E-state index in [9.17, 15) is 4.79 Å². The van der Waals surface area contributed by atoms with Crippen molar-refractivity contribution >= 4 is 40.3 Å². The molecule has 0 radical (unpaired) electrons. The number of carbonyl (C=O) groups excluding carboxylic acids is 1. The van der Waals surface area contributed by atoms with Gasteiger partial charge in [0, 0.05) is 37.8 Å². The van der Waals surface area contributed by atoms with Crippen LogP contribution in [0, 0.1) is 0 Å². The fraction of sp³-hybridized carbons (Fsp3) is 0.400. The highest BCUT2D eigenvalue weighted by atomic mass is 32.1. The molecule has 0 aliphatic heterocycles. The van der Waals surface area contributed by atoms with Crippen LogP contribution < -0.4 is 15.5 Å². The number of hydrogen-bond donors (Lipinski definition) is 2. The molecule has 1 aliphatic rings. The van der Waals surface area contributed by atoms with Gasteiger partial charge < -0.3 is 15.5 Å². The van der Waals surface area contributed by atoms with Crippen molar-refractivity contribution in [3.8, 4) is 9.88 Å². The Labute approximate surface area is 178 Å². The minimum atomic E-state index is -0.0810. The third kappa shape index (κ3) is 4.91. The number of carbonyl (C=O) groups is 1. The molecule has 1 aliphatic carbocycles. The van der Waals surface area contributed by atoms with E-state index >= 15 is 0 Å². The molecule has 7 nitrogen and oxygen atoms in total. The lowest BCUT2D eigenvalue weighted by molar-refractivity contribution is 0.0922. The van der Waals surface area contributed by atoms with Crippen molar-refractivity contribution in [3.05, 3.63) is 40.8 Å². The summed E-state index contributed by atoms with van der Waals surface area (Å²) in [5.41, 5.74) is 0.507. The second-order valence-electron chi connectivity index (χ2n) is 7.31. The van der Waals surface area contributed by atoms with E-state index in [1.165, 1.54) is 11.3 Å². The number of nitrogens with one attached hydrogen (secondary N) is 2. The first-order chi connectivity index (χ1) is 14.1. The van der Waals surface area contributed by atoms with Gasteiger partial charge in [-0.25, -0.2) is 9.97 Å². The summed E-state index contributed by atoms with van der Waals surface area (Å²) in [4.78, 5) is 29.0. The van der Waals surface area contributed by atoms with Gasteiger partial charge in [0.25, 0.3) is 5.91 Å². The Morgan fingerprint density at radius 3 is 2.62 bits per heavy atom. The maximum atomic E-state index is 12.6. The van der Waals surface area contributed by atoms with Gasteiger partial charge in [-0.05, 0) is 43.2 Å². The minimum absolute atomic E-state index is 0.0810. The monoisotopic (exact) mass is 428 g/mol. The summed E-state index contributed by atoms with van der Waals surface area (Å²) in [5.74, 6) is 1.46. The summed E-state index contributed by atoms with van der Waals surface area (Å²) < 4.78 is 0. The van der Waals surface area contributed by atoms with E-state index in [0.29, 0.717) is 17.7 Å². The van der Waals surface area contributed by atoms with Crippen LogP contribution in [0.15, 0.2) is 35.2 Å². The molecule has 4 rings (SSSR count). The Kier molecular flexibility index (Phi) is 6.05. The van der Waals surface area contributed by atoms with Gasteiger partial charge in [0.2, 0.25) is 5.95 Å². The van der Waals surface area contributed by atoms with Gasteiger partial charge in [-0.2, -0.15) is 4.98 Å². The minimum Gasteiger partial charge on any atom is -0.363 e. The lowest BCUT2D eigenvalue weighted by Gasteiger charge is -2.29. The number of thiophene rings is 1. The Morgan fingerprint density at radius 2 is 1.90 bits per heavy atom. The number of aromatic nitrogens is 3. The molecule has 0 aromatic carbocycles. The van der Waals surface area contributed by atoms with Gasteiger partial charge in [-0.15, -0.1) is 22.7 Å². The number of amides is 1. The number of nitrogens with zero attached hydrogens (tertiary/aromatic N) is 4. The second-order valence-corrected chi connectivity index (χ2v) is 9.12. The average Bonchev–Trinajstić information content (AvgIpc) is 3.41. The van der Waals surface area contributed by atoms with Crippen molar-refractivity contribution in [2.75, 3.05) is 24.3 Å². The molecule has 0 atom stereocenters. The number of hydrogen-bond acceptors (Lipinski definition) is 8. The van der Waals surface area contributed by atoms with Gasteiger partial charge in [-0.1, -0.05) is 6.07 Å². The molecule has 3 heterocycles. The molecule has 152 valence electrons. The van der Waals surface area contributed by atoms with Crippen molar-refractivity contribution in [3.63, 3.8) is 0 Å². The SMILES string of the molecule is CN(C)c1ccnc(NC2CCC(NC(=O)c3csc(-c4cccs4)n3)CC2)n1. The first kappa shape index (κ1) is 19.8. The molecule has 0 bridgehead atoms. The average molecular weight is 429 g/mol. The zero-order valence-electron chi connectivity index (χ0n) is 16.5. The molecular weight excluding hydrogens is 404 g/mol. The Hall–Kier alpha value is -2.52. The fourth-order valence-electron chi connectivity index (χ4n) is 3.38. The molecule has 3 aromatic heterocycles. The van der Waals surface area contributed by atoms with E-state index in [0.717, 1.165) is 41.4 Å². The highest BCUT2D eigenvalue weighted by Crippen LogP contribution is 2.28. The summed E-state index contributed by atoms with van der Waals surface area (Å²) in [6.07, 6.45) is 5.57. The standard InChI is InChI=1S/C20H24N6OS2/c1-26(2)17-9-10-21-20(25-17)23-14-7-5-13(6-8-14)22-18(27)15-12-29-19(24-15)16-4-3-11-28-16/h3-4,9-14H,5-8H2,1-2H3,(H,22,27)(H,21,23,25). The zero-order chi connectivity index (χ0) is 20.2. The maximum Gasteiger partial charge on any atom is 0.270 e. The predicted octanol–water partition coefficient (Wildman–Crippen LogP) is 3.88. The molecule has 1 amide bonds. The fourth-order valence-corrected chi connectivity index (χ4v) is 5.00. The van der Waals surface area contributed by atoms with Gasteiger partial charge in [-0.3, -0.25) is 4.79 Å². The van der Waals surface area contributed by atoms with Crippen molar-refractivity contribution in [2.24, 2.45) is 0 Å². The molecular formula is C20H24N6OS2. The molecule has 0 spiro atoms. The molecule has 29 heavy (non-hydrogen) atoms. The van der Waals surface area contributed by atoms with E-state index in [1.807, 2.05) is 48.0 Å². The lowest BCUT2D eigenvalue weighted by Crippen LogP contribution is -2.40. The Morgan fingerprint density at radius 1 is 1.10 bits per heavy atom. The van der Waals surface area contributed by atoms with Gasteiger partial charge in [0.15, 0.2) is 0 Å². The molecule has 2 N–H and O–H groups in total. The highest BCUT2D eigenvalue weighted by Gasteiger charge is 2.24. The summed E-state index contributed by atoms with van der Waals surface area (Å²) in [7, 11) is 3.93. The Balaban J connectivity index is 1.28. The van der Waals surface area contributed by atoms with Crippen LogP contribution >= 0.6 is 22.7 Å². The van der Waals surface area contributed by atoms with Crippen molar-refractivity contribution < 1.29 is 4.79 Å². The number of anilines is 2. The molecule has 9 heteroatoms. The van der Waals surface area contributed by atoms with Crippen LogP contribution in [0.25, 0.3) is 9.88 Å². The van der Waals surface area contributed by atoms with Crippen LogP contribution in [-0.4, -0.2) is 47.0 Å². The second kappa shape index (κ2) is 8.87. The van der Waals surface area contributed by atoms with Gasteiger partial charge in [0.1, 0.15) is 16.5 Å². The predicted molar refractivity (Wildman–Crippen MR) is 119 cm³/mol. The third-order valence-electron chi connectivity index (χ3n) is 4.96. The van der Waals surface area contributed by atoms with Crippen LogP contribution in [0.5, 0.6) is 0 Å². The number of thiazole rings is 1. The van der Waals surface area contributed by atoms with Crippen LogP contribution in [0.2, 0.25) is 0 Å². The zero-order valence-corrected chi connectivity index (χ0v) is 18.1. The van der Waals surface area contributed by atoms with E-state index in [4.69, 9.17) is 0 Å². The summed E-state index contributed by atoms with van der Waals surface area (Å²) >= 11 is 3.15. The summed E-state index contributed by atoms with van der Waals surface area (Å²) in [5, 5.41) is 11.3. The summed E-state index contributed by atoms with van der Waals surface area (Å²) in [6, 6.07) is 6.42. The topological polar surface area (TPSA) is 83.0 Å². The largest absolute Gasteiger partial charge is 0.363 e. The van der Waals surface area contributed by atoms with Gasteiger partial charge in [0.05, 0.1) is 4.88 Å². The van der Waals surface area contributed by atoms with Crippen molar-refractivity contribution in [2.45, 2.75) is 37.8 Å². The van der Waals surface area contributed by atoms with E-state index in [2.05, 4.69) is 25.6 Å². The van der Waals surface area contributed by atoms with Crippen LogP contribution in [0.3, 0.4) is 0 Å². The van der Waals surface area contributed by atoms with Gasteiger partial charge >= 0.3 is 0 Å². The third-order valence-corrected chi connectivity index (χ3v) is 6.84. The quantitative estimate of drug-likeness (QED) is 0.620. The van der Waals surface area contributed by atoms with Crippen LogP contribution in [-0.2, 0) is 0 Å². The molecule has 3 aromatic rings. The maximum absolute atomic E-state index is 12.6. The molecule has 1 fully saturated rings. The smallest absolute Gasteiger partial charge is 0.270 e. The lowest BCUT2D eigenvalue weighted by atomic mass is 9.91.